The van der Waals surface area contributed by atoms with Crippen LogP contribution in [0.3, 0.4) is 0 Å². The number of hydrogen-bond acceptors (Lipinski definition) is 6. The predicted molar refractivity (Wildman–Crippen MR) is 124 cm³/mol. The number of carbonyl (C=O) groups excluding carboxylic acids is 1. The minimum atomic E-state index is -1.73. The average Bonchev–Trinajstić information content (AvgIpc) is 2.83. The van der Waals surface area contributed by atoms with E-state index in [-0.39, 0.29) is 25.8 Å². The number of carboxylic acids is 2. The number of aryl methyl sites for hydroxylation is 1. The molecule has 0 aromatic heterocycles. The van der Waals surface area contributed by atoms with E-state index in [9.17, 15) is 29.0 Å². The third-order valence-electron chi connectivity index (χ3n) is 6.33. The standard InChI is InChI=1S/C25H30FN3O5/c26-18(12-13-27)21(28)23(30)22-17-9-5-4-8-16(17)14-20(25(33)34)29(22)19(24(31)32)11-10-15-6-2-1-3-7-15/h1-9,18-22H,10-14,27-28H2,(H,31,32)(H,33,34)/t18?,19-,20?,21-,22?/m0/s1. The first-order chi connectivity index (χ1) is 16.3. The van der Waals surface area contributed by atoms with Crippen LogP contribution in [0.15, 0.2) is 54.6 Å². The van der Waals surface area contributed by atoms with Crippen LogP contribution in [0.4, 0.5) is 4.39 Å². The van der Waals surface area contributed by atoms with E-state index in [1.54, 1.807) is 24.3 Å². The molecule has 5 atom stereocenters. The Morgan fingerprint density at radius 1 is 1.03 bits per heavy atom. The van der Waals surface area contributed by atoms with E-state index < -0.39 is 48.1 Å². The Morgan fingerprint density at radius 3 is 2.29 bits per heavy atom. The van der Waals surface area contributed by atoms with Crippen LogP contribution in [0.5, 0.6) is 0 Å². The van der Waals surface area contributed by atoms with E-state index in [1.165, 1.54) is 4.90 Å². The number of Topliss-reactive ketones (excluding diaryl/α,β-unsaturated/α-hetero) is 1. The van der Waals surface area contributed by atoms with Crippen LogP contribution in [0, 0.1) is 0 Å². The zero-order chi connectivity index (χ0) is 24.8. The van der Waals surface area contributed by atoms with Gasteiger partial charge >= 0.3 is 11.9 Å². The van der Waals surface area contributed by atoms with Crippen LogP contribution in [0.1, 0.15) is 35.6 Å². The minimum absolute atomic E-state index is 0.0142. The number of carbonyl (C=O) groups is 3. The lowest BCUT2D eigenvalue weighted by Gasteiger charge is -2.44. The molecule has 0 bridgehead atoms. The van der Waals surface area contributed by atoms with Gasteiger partial charge in [0, 0.05) is 0 Å². The number of halogens is 1. The van der Waals surface area contributed by atoms with Gasteiger partial charge in [0.05, 0.1) is 12.1 Å². The Morgan fingerprint density at radius 2 is 1.68 bits per heavy atom. The lowest BCUT2D eigenvalue weighted by Crippen LogP contribution is -2.59. The molecule has 1 heterocycles. The molecule has 0 amide bonds. The third kappa shape index (κ3) is 5.49. The second kappa shape index (κ2) is 11.3. The van der Waals surface area contributed by atoms with Gasteiger partial charge in [0.25, 0.3) is 0 Å². The van der Waals surface area contributed by atoms with Crippen LogP contribution < -0.4 is 11.5 Å². The summed E-state index contributed by atoms with van der Waals surface area (Å²) in [6.07, 6.45) is -1.44. The third-order valence-corrected chi connectivity index (χ3v) is 6.33. The Balaban J connectivity index is 2.06. The quantitative estimate of drug-likeness (QED) is 0.387. The highest BCUT2D eigenvalue weighted by Gasteiger charge is 2.48. The molecule has 2 aromatic rings. The van der Waals surface area contributed by atoms with Crippen molar-refractivity contribution in [3.8, 4) is 0 Å². The van der Waals surface area contributed by atoms with Crippen molar-refractivity contribution in [2.45, 2.75) is 56.0 Å². The van der Waals surface area contributed by atoms with E-state index in [4.69, 9.17) is 11.5 Å². The van der Waals surface area contributed by atoms with Crippen molar-refractivity contribution in [3.63, 3.8) is 0 Å². The van der Waals surface area contributed by atoms with Crippen molar-refractivity contribution in [1.29, 1.82) is 0 Å². The maximum atomic E-state index is 14.6. The lowest BCUT2D eigenvalue weighted by molar-refractivity contribution is -0.156. The van der Waals surface area contributed by atoms with E-state index >= 15 is 0 Å². The van der Waals surface area contributed by atoms with Crippen molar-refractivity contribution >= 4 is 17.7 Å². The fourth-order valence-corrected chi connectivity index (χ4v) is 4.60. The number of rotatable bonds is 11. The van der Waals surface area contributed by atoms with E-state index in [0.29, 0.717) is 17.5 Å². The van der Waals surface area contributed by atoms with Crippen molar-refractivity contribution in [2.75, 3.05) is 6.54 Å². The maximum absolute atomic E-state index is 14.6. The van der Waals surface area contributed by atoms with Crippen LogP contribution in [-0.4, -0.2) is 63.7 Å². The summed E-state index contributed by atoms with van der Waals surface area (Å²) in [5, 5.41) is 20.1. The first-order valence-electron chi connectivity index (χ1n) is 11.2. The smallest absolute Gasteiger partial charge is 0.321 e. The monoisotopic (exact) mass is 471 g/mol. The highest BCUT2D eigenvalue weighted by molar-refractivity contribution is 5.93. The molecule has 34 heavy (non-hydrogen) atoms. The van der Waals surface area contributed by atoms with Gasteiger partial charge < -0.3 is 21.7 Å². The van der Waals surface area contributed by atoms with E-state index in [1.807, 2.05) is 30.3 Å². The molecule has 6 N–H and O–H groups in total. The van der Waals surface area contributed by atoms with Gasteiger partial charge in [0.2, 0.25) is 0 Å². The molecular formula is C25H30FN3O5. The van der Waals surface area contributed by atoms with Crippen LogP contribution in [0.2, 0.25) is 0 Å². The summed E-state index contributed by atoms with van der Waals surface area (Å²) in [5.74, 6) is -3.28. The molecule has 2 aromatic carbocycles. The molecule has 9 heteroatoms. The fourth-order valence-electron chi connectivity index (χ4n) is 4.60. The summed E-state index contributed by atoms with van der Waals surface area (Å²) in [6, 6.07) is 10.4. The molecule has 8 nitrogen and oxygen atoms in total. The second-order valence-corrected chi connectivity index (χ2v) is 8.51. The number of benzene rings is 2. The van der Waals surface area contributed by atoms with Gasteiger partial charge in [-0.15, -0.1) is 0 Å². The average molecular weight is 472 g/mol. The number of fused-ring (bicyclic) bond motifs is 1. The summed E-state index contributed by atoms with van der Waals surface area (Å²) >= 11 is 0. The highest BCUT2D eigenvalue weighted by atomic mass is 19.1. The first-order valence-corrected chi connectivity index (χ1v) is 11.2. The second-order valence-electron chi connectivity index (χ2n) is 8.51. The molecule has 0 saturated heterocycles. The predicted octanol–water partition coefficient (Wildman–Crippen LogP) is 1.71. The number of carboxylic acid groups (broad SMARTS) is 2. The number of nitrogens with zero attached hydrogens (tertiary/aromatic N) is 1. The van der Waals surface area contributed by atoms with Crippen LogP contribution in [0.25, 0.3) is 0 Å². The zero-order valence-electron chi connectivity index (χ0n) is 18.7. The number of aliphatic carboxylic acids is 2. The first kappa shape index (κ1) is 25.5. The van der Waals surface area contributed by atoms with Gasteiger partial charge in [-0.2, -0.15) is 0 Å². The Labute approximate surface area is 197 Å². The molecule has 1 aliphatic rings. The summed E-state index contributed by atoms with van der Waals surface area (Å²) in [4.78, 5) is 39.4. The van der Waals surface area contributed by atoms with Crippen molar-refractivity contribution < 1.29 is 29.0 Å². The molecule has 1 aliphatic heterocycles. The van der Waals surface area contributed by atoms with E-state index in [0.717, 1.165) is 5.56 Å². The van der Waals surface area contributed by atoms with E-state index in [2.05, 4.69) is 0 Å². The Hall–Kier alpha value is -3.14. The normalized spacial score (nSPS) is 20.7. The number of hydrogen-bond donors (Lipinski definition) is 4. The van der Waals surface area contributed by atoms with Crippen molar-refractivity contribution in [3.05, 3.63) is 71.3 Å². The molecule has 0 radical (unpaired) electrons. The van der Waals surface area contributed by atoms with Gasteiger partial charge in [0.15, 0.2) is 5.78 Å². The maximum Gasteiger partial charge on any atom is 0.321 e. The Bertz CT molecular complexity index is 1020. The van der Waals surface area contributed by atoms with Crippen molar-refractivity contribution in [2.24, 2.45) is 11.5 Å². The SMILES string of the molecule is NCCC(F)[C@H](N)C(=O)C1c2ccccc2CC(C(=O)O)N1[C@@H](CCc1ccccc1)C(=O)O. The molecule has 3 rings (SSSR count). The van der Waals surface area contributed by atoms with Crippen molar-refractivity contribution in [1.82, 2.24) is 4.90 Å². The molecule has 0 spiro atoms. The number of nitrogens with two attached hydrogens (primary N) is 2. The summed E-state index contributed by atoms with van der Waals surface area (Å²) in [6.45, 7) is -0.0142. The van der Waals surface area contributed by atoms with Gasteiger partial charge in [-0.05, 0) is 48.9 Å². The Kier molecular flexibility index (Phi) is 8.49. The fraction of sp³-hybridized carbons (Fsp3) is 0.400. The molecular weight excluding hydrogens is 441 g/mol. The summed E-state index contributed by atoms with van der Waals surface area (Å²) in [7, 11) is 0. The zero-order valence-corrected chi connectivity index (χ0v) is 18.7. The largest absolute Gasteiger partial charge is 0.480 e. The van der Waals surface area contributed by atoms with Crippen LogP contribution >= 0.6 is 0 Å². The summed E-state index contributed by atoms with van der Waals surface area (Å²) in [5.41, 5.74) is 13.3. The van der Waals surface area contributed by atoms with Gasteiger partial charge in [-0.25, -0.2) is 4.39 Å². The molecule has 0 fully saturated rings. The molecule has 0 saturated carbocycles. The molecule has 0 aliphatic carbocycles. The topological polar surface area (TPSA) is 147 Å². The van der Waals surface area contributed by atoms with Crippen LogP contribution in [-0.2, 0) is 27.2 Å². The van der Waals surface area contributed by atoms with Gasteiger partial charge in [-0.3, -0.25) is 19.3 Å². The summed E-state index contributed by atoms with van der Waals surface area (Å²) < 4.78 is 14.6. The molecule has 3 unspecified atom stereocenters. The lowest BCUT2D eigenvalue weighted by atomic mass is 9.82. The highest BCUT2D eigenvalue weighted by Crippen LogP contribution is 2.37. The van der Waals surface area contributed by atoms with Gasteiger partial charge in [0.1, 0.15) is 18.3 Å². The number of ketones is 1. The van der Waals surface area contributed by atoms with Gasteiger partial charge in [-0.1, -0.05) is 54.6 Å². The minimum Gasteiger partial charge on any atom is -0.480 e. The molecule has 182 valence electrons. The number of alkyl halides is 1.